The van der Waals surface area contributed by atoms with Crippen molar-refractivity contribution in [3.05, 3.63) is 41.0 Å². The second kappa shape index (κ2) is 4.40. The Hall–Kier alpha value is -1.12. The molecule has 2 rings (SSSR count). The summed E-state index contributed by atoms with van der Waals surface area (Å²) in [4.78, 5) is 0. The van der Waals surface area contributed by atoms with Crippen molar-refractivity contribution in [2.45, 2.75) is 13.0 Å². The second-order valence-corrected chi connectivity index (χ2v) is 3.47. The Labute approximate surface area is 84.4 Å². The van der Waals surface area contributed by atoms with Crippen molar-refractivity contribution in [3.8, 4) is 0 Å². The zero-order chi connectivity index (χ0) is 9.80. The Balaban J connectivity index is 2.24. The summed E-state index contributed by atoms with van der Waals surface area (Å²) in [5.74, 6) is 0. The molecule has 0 saturated carbocycles. The van der Waals surface area contributed by atoms with Crippen LogP contribution in [0.3, 0.4) is 0 Å². The molecular formula is C12H15NO. The number of fused-ring (bicyclic) bond motifs is 1. The third kappa shape index (κ3) is 2.03. The molecule has 0 amide bonds. The van der Waals surface area contributed by atoms with Crippen molar-refractivity contribution in [2.75, 3.05) is 13.2 Å². The Kier molecular flexibility index (Phi) is 2.96. The number of benzene rings is 1. The monoisotopic (exact) mass is 189 g/mol. The van der Waals surface area contributed by atoms with Gasteiger partial charge in [0.05, 0.1) is 13.2 Å². The first-order chi connectivity index (χ1) is 6.90. The van der Waals surface area contributed by atoms with Gasteiger partial charge < -0.3 is 10.5 Å². The van der Waals surface area contributed by atoms with Gasteiger partial charge in [-0.1, -0.05) is 24.3 Å². The van der Waals surface area contributed by atoms with Gasteiger partial charge in [-0.15, -0.1) is 0 Å². The molecule has 1 aliphatic heterocycles. The molecule has 1 aromatic carbocycles. The zero-order valence-electron chi connectivity index (χ0n) is 8.20. The zero-order valence-corrected chi connectivity index (χ0v) is 8.20. The van der Waals surface area contributed by atoms with E-state index in [2.05, 4.69) is 24.3 Å². The highest BCUT2D eigenvalue weighted by Crippen LogP contribution is 2.18. The summed E-state index contributed by atoms with van der Waals surface area (Å²) < 4.78 is 5.41. The van der Waals surface area contributed by atoms with Crippen LogP contribution in [0.25, 0.3) is 6.08 Å². The third-order valence-corrected chi connectivity index (χ3v) is 2.45. The molecule has 1 aromatic rings. The highest BCUT2D eigenvalue weighted by Gasteiger charge is 2.08. The van der Waals surface area contributed by atoms with E-state index in [4.69, 9.17) is 10.5 Å². The first-order valence-corrected chi connectivity index (χ1v) is 4.96. The fourth-order valence-electron chi connectivity index (χ4n) is 1.70. The predicted molar refractivity (Wildman–Crippen MR) is 57.9 cm³/mol. The molecule has 0 atom stereocenters. The van der Waals surface area contributed by atoms with Gasteiger partial charge in [-0.2, -0.15) is 0 Å². The lowest BCUT2D eigenvalue weighted by Gasteiger charge is -2.16. The van der Waals surface area contributed by atoms with E-state index >= 15 is 0 Å². The molecule has 2 heteroatoms. The maximum Gasteiger partial charge on any atom is 0.0719 e. The van der Waals surface area contributed by atoms with Crippen LogP contribution in [0.5, 0.6) is 0 Å². The maximum atomic E-state index is 5.41. The van der Waals surface area contributed by atoms with Crippen LogP contribution in [-0.4, -0.2) is 13.2 Å². The van der Waals surface area contributed by atoms with Gasteiger partial charge in [0.1, 0.15) is 0 Å². The van der Waals surface area contributed by atoms with Crippen LogP contribution in [0.1, 0.15) is 16.7 Å². The lowest BCUT2D eigenvalue weighted by Crippen LogP contribution is -2.09. The largest absolute Gasteiger partial charge is 0.376 e. The van der Waals surface area contributed by atoms with Gasteiger partial charge in [-0.25, -0.2) is 0 Å². The standard InChI is InChI=1S/C12H15NO/c13-6-1-2-10-3-4-11-5-7-14-9-12(11)8-10/h1-4,8H,5-7,9,13H2/b2-1+. The van der Waals surface area contributed by atoms with E-state index in [0.29, 0.717) is 6.54 Å². The van der Waals surface area contributed by atoms with Crippen molar-refractivity contribution in [3.63, 3.8) is 0 Å². The Morgan fingerprint density at radius 1 is 1.36 bits per heavy atom. The van der Waals surface area contributed by atoms with Gasteiger partial charge in [0, 0.05) is 6.54 Å². The molecule has 1 heterocycles. The number of rotatable bonds is 2. The molecule has 1 aliphatic rings. The topological polar surface area (TPSA) is 35.2 Å². The van der Waals surface area contributed by atoms with Gasteiger partial charge in [-0.3, -0.25) is 0 Å². The first kappa shape index (κ1) is 9.44. The lowest BCUT2D eigenvalue weighted by molar-refractivity contribution is 0.111. The molecule has 2 nitrogen and oxygen atoms in total. The molecule has 0 radical (unpaired) electrons. The average molecular weight is 189 g/mol. The minimum absolute atomic E-state index is 0.591. The van der Waals surface area contributed by atoms with Crippen LogP contribution < -0.4 is 5.73 Å². The lowest BCUT2D eigenvalue weighted by atomic mass is 10.0. The summed E-state index contributed by atoms with van der Waals surface area (Å²) in [5.41, 5.74) is 9.34. The first-order valence-electron chi connectivity index (χ1n) is 4.96. The number of ether oxygens (including phenoxy) is 1. The Morgan fingerprint density at radius 3 is 3.14 bits per heavy atom. The predicted octanol–water partition coefficient (Wildman–Crippen LogP) is 1.73. The Bertz CT molecular complexity index is 344. The summed E-state index contributed by atoms with van der Waals surface area (Å²) in [6.45, 7) is 2.19. The molecule has 0 aromatic heterocycles. The SMILES string of the molecule is NC/C=C/c1ccc2c(c1)COCC2. The molecule has 0 bridgehead atoms. The van der Waals surface area contributed by atoms with E-state index in [9.17, 15) is 0 Å². The molecular weight excluding hydrogens is 174 g/mol. The van der Waals surface area contributed by atoms with Crippen LogP contribution in [-0.2, 0) is 17.8 Å². The van der Waals surface area contributed by atoms with E-state index < -0.39 is 0 Å². The fraction of sp³-hybridized carbons (Fsp3) is 0.333. The molecule has 14 heavy (non-hydrogen) atoms. The maximum absolute atomic E-state index is 5.41. The van der Waals surface area contributed by atoms with Crippen LogP contribution in [0.2, 0.25) is 0 Å². The molecule has 0 aliphatic carbocycles. The van der Waals surface area contributed by atoms with E-state index in [1.54, 1.807) is 0 Å². The second-order valence-electron chi connectivity index (χ2n) is 3.47. The van der Waals surface area contributed by atoms with Crippen molar-refractivity contribution < 1.29 is 4.74 Å². The van der Waals surface area contributed by atoms with Crippen LogP contribution >= 0.6 is 0 Å². The quantitative estimate of drug-likeness (QED) is 0.769. The highest BCUT2D eigenvalue weighted by atomic mass is 16.5. The van der Waals surface area contributed by atoms with Gasteiger partial charge in [0.2, 0.25) is 0 Å². The third-order valence-electron chi connectivity index (χ3n) is 2.45. The van der Waals surface area contributed by atoms with Gasteiger partial charge in [0.15, 0.2) is 0 Å². The van der Waals surface area contributed by atoms with E-state index in [1.807, 2.05) is 6.08 Å². The minimum Gasteiger partial charge on any atom is -0.376 e. The van der Waals surface area contributed by atoms with Crippen LogP contribution in [0.4, 0.5) is 0 Å². The van der Waals surface area contributed by atoms with Crippen molar-refractivity contribution in [2.24, 2.45) is 5.73 Å². The van der Waals surface area contributed by atoms with Crippen molar-refractivity contribution in [1.82, 2.24) is 0 Å². The van der Waals surface area contributed by atoms with E-state index in [1.165, 1.54) is 16.7 Å². The van der Waals surface area contributed by atoms with E-state index in [0.717, 1.165) is 19.6 Å². The smallest absolute Gasteiger partial charge is 0.0719 e. The number of hydrogen-bond acceptors (Lipinski definition) is 2. The summed E-state index contributed by atoms with van der Waals surface area (Å²) in [7, 11) is 0. The molecule has 74 valence electrons. The van der Waals surface area contributed by atoms with Gasteiger partial charge in [-0.05, 0) is 29.2 Å². The van der Waals surface area contributed by atoms with Gasteiger partial charge >= 0.3 is 0 Å². The Morgan fingerprint density at radius 2 is 2.29 bits per heavy atom. The molecule has 0 fully saturated rings. The average Bonchev–Trinajstić information content (AvgIpc) is 2.26. The molecule has 0 unspecified atom stereocenters. The fourth-order valence-corrected chi connectivity index (χ4v) is 1.70. The minimum atomic E-state index is 0.591. The van der Waals surface area contributed by atoms with Gasteiger partial charge in [0.25, 0.3) is 0 Å². The highest BCUT2D eigenvalue weighted by molar-refractivity contribution is 5.52. The number of nitrogens with two attached hydrogens (primary N) is 1. The van der Waals surface area contributed by atoms with Crippen molar-refractivity contribution >= 4 is 6.08 Å². The van der Waals surface area contributed by atoms with E-state index in [-0.39, 0.29) is 0 Å². The normalized spacial score (nSPS) is 15.8. The summed E-state index contributed by atoms with van der Waals surface area (Å²) in [6.07, 6.45) is 5.05. The van der Waals surface area contributed by atoms with Crippen molar-refractivity contribution in [1.29, 1.82) is 0 Å². The molecule has 0 spiro atoms. The van der Waals surface area contributed by atoms with Crippen LogP contribution in [0.15, 0.2) is 24.3 Å². The summed E-state index contributed by atoms with van der Waals surface area (Å²) >= 11 is 0. The molecule has 2 N–H and O–H groups in total. The molecule has 0 saturated heterocycles. The summed E-state index contributed by atoms with van der Waals surface area (Å²) in [5, 5.41) is 0. The van der Waals surface area contributed by atoms with Crippen LogP contribution in [0, 0.1) is 0 Å². The number of hydrogen-bond donors (Lipinski definition) is 1. The summed E-state index contributed by atoms with van der Waals surface area (Å²) in [6, 6.07) is 6.50.